The van der Waals surface area contributed by atoms with Crippen LogP contribution in [-0.4, -0.2) is 25.0 Å². The zero-order valence-corrected chi connectivity index (χ0v) is 16.0. The number of hydrogen-bond acceptors (Lipinski definition) is 3. The van der Waals surface area contributed by atoms with E-state index in [0.717, 1.165) is 22.3 Å². The topological polar surface area (TPSA) is 55.4 Å². The van der Waals surface area contributed by atoms with Gasteiger partial charge in [0.2, 0.25) is 0 Å². The van der Waals surface area contributed by atoms with Gasteiger partial charge in [-0.25, -0.2) is 4.79 Å². The first-order valence-corrected chi connectivity index (χ1v) is 9.16. The molecule has 0 aromatic heterocycles. The zero-order valence-electron chi connectivity index (χ0n) is 16.0. The Bertz CT molecular complexity index is 932. The largest absolute Gasteiger partial charge is 0.467 e. The molecule has 0 aliphatic heterocycles. The van der Waals surface area contributed by atoms with Crippen molar-refractivity contribution >= 4 is 11.9 Å². The fourth-order valence-electron chi connectivity index (χ4n) is 2.98. The molecule has 28 heavy (non-hydrogen) atoms. The number of nitrogens with one attached hydrogen (secondary N) is 1. The monoisotopic (exact) mass is 373 g/mol. The maximum absolute atomic E-state index is 12.6. The molecular weight excluding hydrogens is 350 g/mol. The van der Waals surface area contributed by atoms with E-state index in [2.05, 4.69) is 5.32 Å². The molecule has 3 aromatic rings. The van der Waals surface area contributed by atoms with Crippen LogP contribution in [0, 0.1) is 6.92 Å². The van der Waals surface area contributed by atoms with Gasteiger partial charge in [0, 0.05) is 12.0 Å². The van der Waals surface area contributed by atoms with Crippen molar-refractivity contribution in [3.05, 3.63) is 95.6 Å². The lowest BCUT2D eigenvalue weighted by Crippen LogP contribution is -2.43. The number of ether oxygens (including phenoxy) is 1. The highest BCUT2D eigenvalue weighted by molar-refractivity contribution is 5.97. The minimum Gasteiger partial charge on any atom is -0.467 e. The quantitative estimate of drug-likeness (QED) is 0.660. The summed E-state index contributed by atoms with van der Waals surface area (Å²) in [4.78, 5) is 24.8. The number of amides is 1. The van der Waals surface area contributed by atoms with Gasteiger partial charge in [0.1, 0.15) is 6.04 Å². The number of methoxy groups -OCH3 is 1. The molecule has 0 aliphatic rings. The fraction of sp³-hybridized carbons (Fsp3) is 0.167. The molecule has 1 N–H and O–H groups in total. The number of esters is 1. The SMILES string of the molecule is COC(=O)[C@H](Cc1ccc(C)cc1)NC(=O)c1ccc(-c2ccccc2)cc1. The van der Waals surface area contributed by atoms with Crippen LogP contribution in [0.1, 0.15) is 21.5 Å². The van der Waals surface area contributed by atoms with Crippen LogP contribution < -0.4 is 5.32 Å². The van der Waals surface area contributed by atoms with Crippen molar-refractivity contribution in [2.75, 3.05) is 7.11 Å². The van der Waals surface area contributed by atoms with Crippen LogP contribution in [0.2, 0.25) is 0 Å². The summed E-state index contributed by atoms with van der Waals surface area (Å²) in [6.45, 7) is 2.00. The molecule has 4 heteroatoms. The van der Waals surface area contributed by atoms with E-state index in [1.165, 1.54) is 7.11 Å². The molecule has 3 aromatic carbocycles. The van der Waals surface area contributed by atoms with E-state index in [1.807, 2.05) is 73.7 Å². The van der Waals surface area contributed by atoms with Crippen molar-refractivity contribution in [3.8, 4) is 11.1 Å². The van der Waals surface area contributed by atoms with Gasteiger partial charge in [-0.05, 0) is 35.7 Å². The third kappa shape index (κ3) is 4.86. The lowest BCUT2D eigenvalue weighted by Gasteiger charge is -2.17. The molecule has 0 bridgehead atoms. The average molecular weight is 373 g/mol. The number of benzene rings is 3. The lowest BCUT2D eigenvalue weighted by molar-refractivity contribution is -0.142. The first-order chi connectivity index (χ1) is 13.6. The van der Waals surface area contributed by atoms with E-state index >= 15 is 0 Å². The molecule has 0 fully saturated rings. The molecule has 0 saturated heterocycles. The van der Waals surface area contributed by atoms with E-state index < -0.39 is 12.0 Å². The Morgan fingerprint density at radius 1 is 0.857 bits per heavy atom. The number of rotatable bonds is 6. The summed E-state index contributed by atoms with van der Waals surface area (Å²) in [7, 11) is 1.32. The number of carbonyl (C=O) groups is 2. The molecule has 142 valence electrons. The minimum absolute atomic E-state index is 0.304. The molecular formula is C24H23NO3. The second-order valence-corrected chi connectivity index (χ2v) is 6.68. The first-order valence-electron chi connectivity index (χ1n) is 9.16. The van der Waals surface area contributed by atoms with Crippen LogP contribution in [-0.2, 0) is 16.0 Å². The Balaban J connectivity index is 1.72. The van der Waals surface area contributed by atoms with Crippen molar-refractivity contribution in [1.82, 2.24) is 5.32 Å². The summed E-state index contributed by atoms with van der Waals surface area (Å²) in [5.74, 6) is -0.767. The molecule has 0 unspecified atom stereocenters. The van der Waals surface area contributed by atoms with Gasteiger partial charge in [-0.15, -0.1) is 0 Å². The van der Waals surface area contributed by atoms with Gasteiger partial charge >= 0.3 is 5.97 Å². The Labute approximate surface area is 165 Å². The van der Waals surface area contributed by atoms with Crippen molar-refractivity contribution in [3.63, 3.8) is 0 Å². The van der Waals surface area contributed by atoms with Gasteiger partial charge in [-0.3, -0.25) is 4.79 Å². The molecule has 1 amide bonds. The third-order valence-electron chi connectivity index (χ3n) is 4.61. The van der Waals surface area contributed by atoms with Crippen LogP contribution in [0.15, 0.2) is 78.9 Å². The second kappa shape index (κ2) is 9.00. The van der Waals surface area contributed by atoms with E-state index in [0.29, 0.717) is 12.0 Å². The lowest BCUT2D eigenvalue weighted by atomic mass is 10.0. The van der Waals surface area contributed by atoms with E-state index in [9.17, 15) is 9.59 Å². The van der Waals surface area contributed by atoms with Gasteiger partial charge in [0.05, 0.1) is 7.11 Å². The van der Waals surface area contributed by atoms with Gasteiger partial charge in [-0.1, -0.05) is 72.3 Å². The Kier molecular flexibility index (Phi) is 6.22. The summed E-state index contributed by atoms with van der Waals surface area (Å²) in [5.41, 5.74) is 4.71. The minimum atomic E-state index is -0.742. The number of aryl methyl sites for hydroxylation is 1. The highest BCUT2D eigenvalue weighted by atomic mass is 16.5. The summed E-state index contributed by atoms with van der Waals surface area (Å²) < 4.78 is 4.87. The van der Waals surface area contributed by atoms with Gasteiger partial charge in [-0.2, -0.15) is 0 Å². The normalized spacial score (nSPS) is 11.5. The molecule has 0 aliphatic carbocycles. The van der Waals surface area contributed by atoms with Gasteiger partial charge in [0.15, 0.2) is 0 Å². The van der Waals surface area contributed by atoms with Gasteiger partial charge in [0.25, 0.3) is 5.91 Å². The summed E-state index contributed by atoms with van der Waals surface area (Å²) >= 11 is 0. The molecule has 3 rings (SSSR count). The maximum atomic E-state index is 12.6. The van der Waals surface area contributed by atoms with E-state index in [1.54, 1.807) is 12.1 Å². The summed E-state index contributed by atoms with van der Waals surface area (Å²) in [6, 6.07) is 24.4. The number of hydrogen-bond donors (Lipinski definition) is 1. The van der Waals surface area contributed by atoms with Crippen molar-refractivity contribution in [1.29, 1.82) is 0 Å². The molecule has 0 heterocycles. The smallest absolute Gasteiger partial charge is 0.328 e. The van der Waals surface area contributed by atoms with Crippen LogP contribution in [0.5, 0.6) is 0 Å². The fourth-order valence-corrected chi connectivity index (χ4v) is 2.98. The second-order valence-electron chi connectivity index (χ2n) is 6.68. The predicted octanol–water partition coefficient (Wildman–Crippen LogP) is 4.18. The molecule has 0 spiro atoms. The van der Waals surface area contributed by atoms with Crippen LogP contribution >= 0.6 is 0 Å². The molecule has 4 nitrogen and oxygen atoms in total. The van der Waals surface area contributed by atoms with Gasteiger partial charge < -0.3 is 10.1 Å². The van der Waals surface area contributed by atoms with Crippen molar-refractivity contribution in [2.45, 2.75) is 19.4 Å². The summed E-state index contributed by atoms with van der Waals surface area (Å²) in [6.07, 6.45) is 0.376. The van der Waals surface area contributed by atoms with E-state index in [-0.39, 0.29) is 5.91 Å². The maximum Gasteiger partial charge on any atom is 0.328 e. The standard InChI is InChI=1S/C24H23NO3/c1-17-8-10-18(11-9-17)16-22(24(27)28-2)25-23(26)21-14-12-20(13-15-21)19-6-4-3-5-7-19/h3-15,22H,16H2,1-2H3,(H,25,26)/t22-/m0/s1. The highest BCUT2D eigenvalue weighted by Crippen LogP contribution is 2.19. The number of carbonyl (C=O) groups excluding carboxylic acids is 2. The third-order valence-corrected chi connectivity index (χ3v) is 4.61. The molecule has 0 radical (unpaired) electrons. The zero-order chi connectivity index (χ0) is 19.9. The Morgan fingerprint density at radius 3 is 2.07 bits per heavy atom. The van der Waals surface area contributed by atoms with Crippen LogP contribution in [0.25, 0.3) is 11.1 Å². The first kappa shape index (κ1) is 19.4. The molecule has 0 saturated carbocycles. The van der Waals surface area contributed by atoms with Crippen LogP contribution in [0.3, 0.4) is 0 Å². The Hall–Kier alpha value is -3.40. The molecule has 1 atom stereocenters. The summed E-state index contributed by atoms with van der Waals surface area (Å²) in [5, 5.41) is 2.79. The van der Waals surface area contributed by atoms with Crippen molar-refractivity contribution < 1.29 is 14.3 Å². The average Bonchev–Trinajstić information content (AvgIpc) is 2.75. The van der Waals surface area contributed by atoms with Crippen LogP contribution in [0.4, 0.5) is 0 Å². The van der Waals surface area contributed by atoms with Crippen molar-refractivity contribution in [2.24, 2.45) is 0 Å². The predicted molar refractivity (Wildman–Crippen MR) is 110 cm³/mol. The highest BCUT2D eigenvalue weighted by Gasteiger charge is 2.22. The van der Waals surface area contributed by atoms with E-state index in [4.69, 9.17) is 4.74 Å². The Morgan fingerprint density at radius 2 is 1.46 bits per heavy atom.